The molecule has 0 aliphatic rings. The maximum atomic E-state index is 11.6. The molecular weight excluding hydrogens is 777 g/mol. The van der Waals surface area contributed by atoms with E-state index in [-0.39, 0.29) is 0 Å². The summed E-state index contributed by atoms with van der Waals surface area (Å²) in [6, 6.07) is 83.8. The Morgan fingerprint density at radius 1 is 0.297 bits per heavy atom. The molecule has 0 amide bonds. The number of pyridine rings is 1. The van der Waals surface area contributed by atoms with Crippen LogP contribution in [0.5, 0.6) is 0 Å². The van der Waals surface area contributed by atoms with Crippen LogP contribution in [0.25, 0.3) is 111 Å². The lowest BCUT2D eigenvalue weighted by Gasteiger charge is -2.19. The molecular formula is C60H38N4. The van der Waals surface area contributed by atoms with Gasteiger partial charge in [0.25, 0.3) is 0 Å². The molecule has 298 valence electrons. The molecule has 64 heavy (non-hydrogen) atoms. The van der Waals surface area contributed by atoms with E-state index in [9.17, 15) is 5.26 Å². The van der Waals surface area contributed by atoms with E-state index in [0.717, 1.165) is 111 Å². The lowest BCUT2D eigenvalue weighted by atomic mass is 9.97. The molecule has 12 aromatic rings. The van der Waals surface area contributed by atoms with Gasteiger partial charge in [-0.05, 0) is 94.0 Å². The Labute approximate surface area is 370 Å². The van der Waals surface area contributed by atoms with Crippen LogP contribution in [0.15, 0.2) is 231 Å². The number of fused-ring (bicyclic) bond motifs is 6. The lowest BCUT2D eigenvalue weighted by molar-refractivity contribution is 1.12. The van der Waals surface area contributed by atoms with E-state index < -0.39 is 0 Å². The smallest absolute Gasteiger partial charge is 0.104 e. The van der Waals surface area contributed by atoms with Crippen LogP contribution in [0.3, 0.4) is 0 Å². The van der Waals surface area contributed by atoms with Crippen LogP contribution >= 0.6 is 0 Å². The van der Waals surface area contributed by atoms with Crippen molar-refractivity contribution in [2.45, 2.75) is 0 Å². The van der Waals surface area contributed by atoms with E-state index in [1.54, 1.807) is 0 Å². The molecule has 0 N–H and O–H groups in total. The van der Waals surface area contributed by atoms with Gasteiger partial charge in [0.1, 0.15) is 11.6 Å². The minimum absolute atomic E-state index is 0.578. The average molecular weight is 815 g/mol. The first kappa shape index (κ1) is 37.0. The maximum Gasteiger partial charge on any atom is 0.104 e. The molecule has 0 spiro atoms. The van der Waals surface area contributed by atoms with Crippen molar-refractivity contribution in [1.29, 1.82) is 5.26 Å². The normalized spacial score (nSPS) is 11.4. The van der Waals surface area contributed by atoms with Crippen molar-refractivity contribution >= 4 is 43.6 Å². The number of aromatic nitrogens is 3. The van der Waals surface area contributed by atoms with E-state index in [0.29, 0.717) is 5.56 Å². The summed E-state index contributed by atoms with van der Waals surface area (Å²) < 4.78 is 4.59. The summed E-state index contributed by atoms with van der Waals surface area (Å²) in [7, 11) is 0. The van der Waals surface area contributed by atoms with Crippen molar-refractivity contribution in [3.8, 4) is 73.3 Å². The fraction of sp³-hybridized carbons (Fsp3) is 0. The van der Waals surface area contributed by atoms with Crippen molar-refractivity contribution in [3.05, 3.63) is 236 Å². The molecule has 0 aliphatic carbocycles. The maximum absolute atomic E-state index is 11.6. The molecule has 3 heterocycles. The van der Waals surface area contributed by atoms with Crippen LogP contribution in [0.4, 0.5) is 0 Å². The highest BCUT2D eigenvalue weighted by atomic mass is 15.0. The van der Waals surface area contributed by atoms with Gasteiger partial charge in [-0.1, -0.05) is 170 Å². The summed E-state index contributed by atoms with van der Waals surface area (Å²) in [4.78, 5) is 5.25. The van der Waals surface area contributed by atoms with Gasteiger partial charge in [-0.3, -0.25) is 0 Å². The third-order valence-electron chi connectivity index (χ3n) is 12.5. The second-order valence-electron chi connectivity index (χ2n) is 16.3. The van der Waals surface area contributed by atoms with Gasteiger partial charge < -0.3 is 9.13 Å². The van der Waals surface area contributed by atoms with Gasteiger partial charge in [0.05, 0.1) is 44.8 Å². The Morgan fingerprint density at radius 2 is 0.656 bits per heavy atom. The summed E-state index contributed by atoms with van der Waals surface area (Å²) in [6.07, 6.45) is 0. The quantitative estimate of drug-likeness (QED) is 0.161. The molecule has 3 aromatic heterocycles. The van der Waals surface area contributed by atoms with Crippen molar-refractivity contribution < 1.29 is 0 Å². The molecule has 0 aliphatic heterocycles. The van der Waals surface area contributed by atoms with E-state index >= 15 is 0 Å². The van der Waals surface area contributed by atoms with E-state index in [2.05, 4.69) is 234 Å². The number of nitriles is 1. The van der Waals surface area contributed by atoms with Gasteiger partial charge >= 0.3 is 0 Å². The number of nitrogens with zero attached hydrogens (tertiary/aromatic N) is 4. The molecule has 0 atom stereocenters. The van der Waals surface area contributed by atoms with Crippen LogP contribution in [0.2, 0.25) is 0 Å². The van der Waals surface area contributed by atoms with Gasteiger partial charge in [0.15, 0.2) is 0 Å². The average Bonchev–Trinajstić information content (AvgIpc) is 3.89. The Hall–Kier alpha value is -8.78. The zero-order chi connectivity index (χ0) is 42.6. The molecule has 9 aromatic carbocycles. The number of rotatable bonds is 7. The zero-order valence-electron chi connectivity index (χ0n) is 34.7. The molecule has 0 saturated carbocycles. The van der Waals surface area contributed by atoms with Crippen LogP contribution in [-0.2, 0) is 0 Å². The summed E-state index contributed by atoms with van der Waals surface area (Å²) in [5.74, 6) is 0. The predicted molar refractivity (Wildman–Crippen MR) is 265 cm³/mol. The molecule has 0 radical (unpaired) electrons. The van der Waals surface area contributed by atoms with Crippen molar-refractivity contribution in [3.63, 3.8) is 0 Å². The Morgan fingerprint density at radius 3 is 1.08 bits per heavy atom. The highest BCUT2D eigenvalue weighted by Crippen LogP contribution is 2.42. The highest BCUT2D eigenvalue weighted by molar-refractivity contribution is 6.12. The van der Waals surface area contributed by atoms with Gasteiger partial charge in [-0.2, -0.15) is 5.26 Å². The minimum atomic E-state index is 0.578. The third kappa shape index (κ3) is 6.18. The second kappa shape index (κ2) is 15.3. The van der Waals surface area contributed by atoms with Gasteiger partial charge in [0, 0.05) is 32.7 Å². The molecule has 4 nitrogen and oxygen atoms in total. The van der Waals surface area contributed by atoms with Gasteiger partial charge in [0.2, 0.25) is 0 Å². The molecule has 0 fully saturated rings. The van der Waals surface area contributed by atoms with Crippen LogP contribution in [0.1, 0.15) is 5.56 Å². The molecule has 12 rings (SSSR count). The SMILES string of the molecule is N#Cc1c(-n2c3ccccc3c3cc(-c4ccccc4)ccc32)cc(-c2cc(-c3ccccc3)nc(-c3ccccc3)c2)cc1-n1c2ccccc2c2cc(-c3ccccc3)ccc21. The first-order valence-corrected chi connectivity index (χ1v) is 21.6. The molecule has 0 saturated heterocycles. The Bertz CT molecular complexity index is 3530. The highest BCUT2D eigenvalue weighted by Gasteiger charge is 2.23. The van der Waals surface area contributed by atoms with Crippen molar-refractivity contribution in [2.24, 2.45) is 0 Å². The van der Waals surface area contributed by atoms with Crippen molar-refractivity contribution in [1.82, 2.24) is 14.1 Å². The minimum Gasteiger partial charge on any atom is -0.308 e. The van der Waals surface area contributed by atoms with E-state index in [1.165, 1.54) is 0 Å². The largest absolute Gasteiger partial charge is 0.308 e. The summed E-state index contributed by atoms with van der Waals surface area (Å²) >= 11 is 0. The molecule has 4 heteroatoms. The fourth-order valence-corrected chi connectivity index (χ4v) is 9.54. The number of hydrogen-bond acceptors (Lipinski definition) is 2. The third-order valence-corrected chi connectivity index (χ3v) is 12.5. The van der Waals surface area contributed by atoms with Gasteiger partial charge in [-0.15, -0.1) is 0 Å². The Kier molecular flexibility index (Phi) is 8.84. The first-order chi connectivity index (χ1) is 31.7. The second-order valence-corrected chi connectivity index (χ2v) is 16.3. The van der Waals surface area contributed by atoms with Crippen LogP contribution < -0.4 is 0 Å². The fourth-order valence-electron chi connectivity index (χ4n) is 9.54. The lowest BCUT2D eigenvalue weighted by Crippen LogP contribution is -2.05. The van der Waals surface area contributed by atoms with E-state index in [1.807, 2.05) is 12.1 Å². The predicted octanol–water partition coefficient (Wildman–Crippen LogP) is 15.5. The summed E-state index contributed by atoms with van der Waals surface area (Å²) in [5.41, 5.74) is 16.7. The number of hydrogen-bond donors (Lipinski definition) is 0. The topological polar surface area (TPSA) is 46.5 Å². The summed E-state index contributed by atoms with van der Waals surface area (Å²) in [6.45, 7) is 0. The zero-order valence-corrected chi connectivity index (χ0v) is 34.7. The number of benzene rings is 9. The molecule has 0 unspecified atom stereocenters. The number of para-hydroxylation sites is 2. The van der Waals surface area contributed by atoms with Crippen LogP contribution in [0, 0.1) is 11.3 Å². The standard InChI is InChI=1S/C60H38N4/c61-39-52-59(63-55-27-15-13-25-48(55)50-33-44(29-31-57(50)63)40-17-5-1-6-18-40)37-47(46-35-53(42-21-9-3-10-22-42)62-54(36-46)43-23-11-4-12-24-43)38-60(52)64-56-28-16-14-26-49(56)51-34-45(30-32-58(51)64)41-19-7-2-8-20-41/h1-38H. The monoisotopic (exact) mass is 814 g/mol. The van der Waals surface area contributed by atoms with E-state index in [4.69, 9.17) is 4.98 Å². The van der Waals surface area contributed by atoms with Gasteiger partial charge in [-0.25, -0.2) is 4.98 Å². The summed E-state index contributed by atoms with van der Waals surface area (Å²) in [5, 5.41) is 16.1. The molecule has 0 bridgehead atoms. The van der Waals surface area contributed by atoms with Crippen LogP contribution in [-0.4, -0.2) is 14.1 Å². The Balaban J connectivity index is 1.19. The first-order valence-electron chi connectivity index (χ1n) is 21.6. The van der Waals surface area contributed by atoms with Crippen molar-refractivity contribution in [2.75, 3.05) is 0 Å².